The predicted octanol–water partition coefficient (Wildman–Crippen LogP) is 1.42. The molecule has 1 amide bonds. The molecule has 0 bridgehead atoms. The minimum absolute atomic E-state index is 0.0103. The summed E-state index contributed by atoms with van der Waals surface area (Å²) in [7, 11) is 0. The first kappa shape index (κ1) is 22.0. The maximum absolute atomic E-state index is 11.6. The van der Waals surface area contributed by atoms with E-state index in [0.29, 0.717) is 19.7 Å². The van der Waals surface area contributed by atoms with Gasteiger partial charge in [0.15, 0.2) is 5.96 Å². The number of amides is 1. The Hall–Kier alpha value is -2.28. The van der Waals surface area contributed by atoms with Crippen molar-refractivity contribution in [3.05, 3.63) is 30.3 Å². The molecule has 28 heavy (non-hydrogen) atoms. The molecule has 156 valence electrons. The monoisotopic (exact) mass is 389 g/mol. The molecule has 7 heteroatoms. The molecule has 2 rings (SSSR count). The van der Waals surface area contributed by atoms with Gasteiger partial charge in [0, 0.05) is 51.7 Å². The van der Waals surface area contributed by atoms with Crippen LogP contribution in [0.5, 0.6) is 5.75 Å². The summed E-state index contributed by atoms with van der Waals surface area (Å²) in [5, 5.41) is 6.27. The Morgan fingerprint density at radius 1 is 1.14 bits per heavy atom. The van der Waals surface area contributed by atoms with Crippen molar-refractivity contribution >= 4 is 11.9 Å². The number of piperazine rings is 1. The van der Waals surface area contributed by atoms with Gasteiger partial charge in [0.1, 0.15) is 12.4 Å². The topological polar surface area (TPSA) is 69.2 Å². The standard InChI is InChI=1S/C21H35N5O2/c1-4-22-21(24-11-10-23-20(27)18(2)3)26-14-12-25(13-15-26)16-17-28-19-8-6-5-7-9-19/h5-9,18H,4,10-17H2,1-3H3,(H,22,24)(H,23,27). The number of carbonyl (C=O) groups excluding carboxylic acids is 1. The minimum atomic E-state index is 0.0103. The summed E-state index contributed by atoms with van der Waals surface area (Å²) >= 11 is 0. The summed E-state index contributed by atoms with van der Waals surface area (Å²) in [5.74, 6) is 1.94. The SMILES string of the molecule is CCNC(=NCCNC(=O)C(C)C)N1CCN(CCOc2ccccc2)CC1. The minimum Gasteiger partial charge on any atom is -0.492 e. The number of ether oxygens (including phenoxy) is 1. The summed E-state index contributed by atoms with van der Waals surface area (Å²) in [4.78, 5) is 21.0. The van der Waals surface area contributed by atoms with Crippen molar-refractivity contribution in [2.45, 2.75) is 20.8 Å². The van der Waals surface area contributed by atoms with Crippen LogP contribution in [0.1, 0.15) is 20.8 Å². The molecule has 2 N–H and O–H groups in total. The highest BCUT2D eigenvalue weighted by Gasteiger charge is 2.19. The Morgan fingerprint density at radius 3 is 2.50 bits per heavy atom. The lowest BCUT2D eigenvalue weighted by Gasteiger charge is -2.36. The number of aliphatic imine (C=N–C) groups is 1. The fourth-order valence-electron chi connectivity index (χ4n) is 2.96. The number of rotatable bonds is 9. The van der Waals surface area contributed by atoms with Crippen molar-refractivity contribution < 1.29 is 9.53 Å². The molecule has 0 aromatic heterocycles. The van der Waals surface area contributed by atoms with Crippen LogP contribution in [0, 0.1) is 5.92 Å². The first-order valence-corrected chi connectivity index (χ1v) is 10.3. The Morgan fingerprint density at radius 2 is 1.86 bits per heavy atom. The molecule has 1 fully saturated rings. The third kappa shape index (κ3) is 7.76. The fraction of sp³-hybridized carbons (Fsp3) is 0.619. The number of benzene rings is 1. The Labute approximate surface area is 169 Å². The number of guanidine groups is 1. The third-order valence-corrected chi connectivity index (χ3v) is 4.62. The van der Waals surface area contributed by atoms with Crippen LogP contribution in [0.25, 0.3) is 0 Å². The van der Waals surface area contributed by atoms with Crippen LogP contribution in [-0.2, 0) is 4.79 Å². The molecule has 1 aliphatic rings. The van der Waals surface area contributed by atoms with Crippen LogP contribution in [-0.4, -0.2) is 80.6 Å². The van der Waals surface area contributed by atoms with Gasteiger partial charge < -0.3 is 20.3 Å². The molecule has 1 aliphatic heterocycles. The summed E-state index contributed by atoms with van der Waals surface area (Å²) in [5.41, 5.74) is 0. The molecule has 1 aromatic rings. The van der Waals surface area contributed by atoms with Gasteiger partial charge in [0.25, 0.3) is 0 Å². The number of nitrogens with one attached hydrogen (secondary N) is 2. The molecule has 0 spiro atoms. The number of carbonyl (C=O) groups is 1. The highest BCUT2D eigenvalue weighted by molar-refractivity contribution is 5.80. The quantitative estimate of drug-likeness (QED) is 0.380. The highest BCUT2D eigenvalue weighted by atomic mass is 16.5. The van der Waals surface area contributed by atoms with Gasteiger partial charge in [-0.15, -0.1) is 0 Å². The Balaban J connectivity index is 1.70. The lowest BCUT2D eigenvalue weighted by molar-refractivity contribution is -0.123. The van der Waals surface area contributed by atoms with Gasteiger partial charge in [0.2, 0.25) is 5.91 Å². The summed E-state index contributed by atoms with van der Waals surface area (Å²) in [6, 6.07) is 9.95. The highest BCUT2D eigenvalue weighted by Crippen LogP contribution is 2.08. The van der Waals surface area contributed by atoms with E-state index >= 15 is 0 Å². The zero-order valence-corrected chi connectivity index (χ0v) is 17.5. The first-order valence-electron chi connectivity index (χ1n) is 10.3. The maximum Gasteiger partial charge on any atom is 0.222 e. The van der Waals surface area contributed by atoms with Crippen molar-refractivity contribution in [2.75, 3.05) is 59.0 Å². The van der Waals surface area contributed by atoms with Crippen LogP contribution in [0.15, 0.2) is 35.3 Å². The summed E-state index contributed by atoms with van der Waals surface area (Å²) in [6.45, 7) is 13.4. The normalized spacial score (nSPS) is 15.6. The van der Waals surface area contributed by atoms with E-state index in [1.807, 2.05) is 44.2 Å². The van der Waals surface area contributed by atoms with Crippen molar-refractivity contribution in [1.29, 1.82) is 0 Å². The molecule has 1 heterocycles. The van der Waals surface area contributed by atoms with Crippen LogP contribution >= 0.6 is 0 Å². The summed E-state index contributed by atoms with van der Waals surface area (Å²) < 4.78 is 5.80. The Bertz CT molecular complexity index is 598. The van der Waals surface area contributed by atoms with Gasteiger partial charge in [-0.2, -0.15) is 0 Å². The second kappa shape index (κ2) is 12.2. The van der Waals surface area contributed by atoms with E-state index in [2.05, 4.69) is 32.3 Å². The third-order valence-electron chi connectivity index (χ3n) is 4.62. The van der Waals surface area contributed by atoms with Crippen molar-refractivity contribution in [3.8, 4) is 5.75 Å². The zero-order chi connectivity index (χ0) is 20.2. The second-order valence-electron chi connectivity index (χ2n) is 7.17. The van der Waals surface area contributed by atoms with Gasteiger partial charge in [-0.1, -0.05) is 32.0 Å². The molecule has 0 unspecified atom stereocenters. The van der Waals surface area contributed by atoms with Gasteiger partial charge in [0.05, 0.1) is 6.54 Å². The molecule has 0 radical (unpaired) electrons. The lowest BCUT2D eigenvalue weighted by Crippen LogP contribution is -2.53. The number of nitrogens with zero attached hydrogens (tertiary/aromatic N) is 3. The van der Waals surface area contributed by atoms with E-state index in [1.54, 1.807) is 0 Å². The van der Waals surface area contributed by atoms with E-state index in [-0.39, 0.29) is 11.8 Å². The molecule has 7 nitrogen and oxygen atoms in total. The maximum atomic E-state index is 11.6. The number of para-hydroxylation sites is 1. The van der Waals surface area contributed by atoms with Crippen LogP contribution in [0.4, 0.5) is 0 Å². The Kier molecular flexibility index (Phi) is 9.62. The van der Waals surface area contributed by atoms with Crippen molar-refractivity contribution in [1.82, 2.24) is 20.4 Å². The van der Waals surface area contributed by atoms with E-state index in [4.69, 9.17) is 4.74 Å². The van der Waals surface area contributed by atoms with Gasteiger partial charge >= 0.3 is 0 Å². The molecule has 0 atom stereocenters. The van der Waals surface area contributed by atoms with E-state index in [9.17, 15) is 4.79 Å². The molecular formula is C21H35N5O2. The van der Waals surface area contributed by atoms with Gasteiger partial charge in [-0.25, -0.2) is 0 Å². The largest absolute Gasteiger partial charge is 0.492 e. The predicted molar refractivity (Wildman–Crippen MR) is 114 cm³/mol. The average molecular weight is 390 g/mol. The number of hydrogen-bond acceptors (Lipinski definition) is 4. The smallest absolute Gasteiger partial charge is 0.222 e. The molecule has 0 saturated carbocycles. The second-order valence-corrected chi connectivity index (χ2v) is 7.17. The molecule has 0 aliphatic carbocycles. The fourth-order valence-corrected chi connectivity index (χ4v) is 2.96. The molecule has 1 aromatic carbocycles. The summed E-state index contributed by atoms with van der Waals surface area (Å²) in [6.07, 6.45) is 0. The lowest BCUT2D eigenvalue weighted by atomic mass is 10.2. The van der Waals surface area contributed by atoms with E-state index < -0.39 is 0 Å². The van der Waals surface area contributed by atoms with Crippen LogP contribution in [0.2, 0.25) is 0 Å². The molecular weight excluding hydrogens is 354 g/mol. The first-order chi connectivity index (χ1) is 13.6. The zero-order valence-electron chi connectivity index (χ0n) is 17.5. The van der Waals surface area contributed by atoms with Crippen molar-refractivity contribution in [2.24, 2.45) is 10.9 Å². The van der Waals surface area contributed by atoms with E-state index in [1.165, 1.54) is 0 Å². The average Bonchev–Trinajstić information content (AvgIpc) is 2.71. The van der Waals surface area contributed by atoms with Crippen LogP contribution in [0.3, 0.4) is 0 Å². The molecule has 1 saturated heterocycles. The van der Waals surface area contributed by atoms with Gasteiger partial charge in [-0.3, -0.25) is 14.7 Å². The van der Waals surface area contributed by atoms with E-state index in [0.717, 1.165) is 51.0 Å². The van der Waals surface area contributed by atoms with Crippen LogP contribution < -0.4 is 15.4 Å². The van der Waals surface area contributed by atoms with Gasteiger partial charge in [-0.05, 0) is 19.1 Å². The van der Waals surface area contributed by atoms with Crippen molar-refractivity contribution in [3.63, 3.8) is 0 Å². The number of hydrogen-bond donors (Lipinski definition) is 2.